The van der Waals surface area contributed by atoms with Crippen LogP contribution < -0.4 is 4.74 Å². The van der Waals surface area contributed by atoms with Crippen molar-refractivity contribution in [1.82, 2.24) is 9.80 Å². The van der Waals surface area contributed by atoms with E-state index in [4.69, 9.17) is 4.74 Å². The summed E-state index contributed by atoms with van der Waals surface area (Å²) in [5.74, 6) is 0.924. The summed E-state index contributed by atoms with van der Waals surface area (Å²) in [5.41, 5.74) is 4.05. The van der Waals surface area contributed by atoms with Crippen LogP contribution in [-0.4, -0.2) is 56.0 Å². The Morgan fingerprint density at radius 3 is 2.50 bits per heavy atom. The second-order valence-electron chi connectivity index (χ2n) is 7.91. The van der Waals surface area contributed by atoms with E-state index in [1.165, 1.54) is 25.7 Å². The summed E-state index contributed by atoms with van der Waals surface area (Å²) in [5, 5.41) is 0. The number of benzene rings is 2. The predicted molar refractivity (Wildman–Crippen MR) is 115 cm³/mol. The molecule has 0 unspecified atom stereocenters. The SMILES string of the molecule is COc1ccc(-c2cccc(C(=O)N(C)CCN(C)C3CCCC3)c2)c(C)c1. The van der Waals surface area contributed by atoms with Gasteiger partial charge in [0.25, 0.3) is 5.91 Å². The fraction of sp³-hybridized carbons (Fsp3) is 0.458. The van der Waals surface area contributed by atoms with E-state index in [1.54, 1.807) is 7.11 Å². The molecule has 2 aromatic carbocycles. The van der Waals surface area contributed by atoms with Crippen molar-refractivity contribution in [3.8, 4) is 16.9 Å². The second kappa shape index (κ2) is 9.24. The Balaban J connectivity index is 1.67. The van der Waals surface area contributed by atoms with Gasteiger partial charge < -0.3 is 14.5 Å². The minimum atomic E-state index is 0.0767. The molecule has 1 fully saturated rings. The Labute approximate surface area is 169 Å². The number of hydrogen-bond donors (Lipinski definition) is 0. The van der Waals surface area contributed by atoms with Crippen LogP contribution >= 0.6 is 0 Å². The van der Waals surface area contributed by atoms with E-state index >= 15 is 0 Å². The van der Waals surface area contributed by atoms with Crippen molar-refractivity contribution in [2.75, 3.05) is 34.3 Å². The lowest BCUT2D eigenvalue weighted by molar-refractivity contribution is 0.0774. The highest BCUT2D eigenvalue weighted by atomic mass is 16.5. The topological polar surface area (TPSA) is 32.8 Å². The number of likely N-dealkylation sites (N-methyl/N-ethyl adjacent to an activating group) is 2. The van der Waals surface area contributed by atoms with Gasteiger partial charge in [0.15, 0.2) is 0 Å². The van der Waals surface area contributed by atoms with Crippen molar-refractivity contribution >= 4 is 5.91 Å². The zero-order valence-electron chi connectivity index (χ0n) is 17.6. The summed E-state index contributed by atoms with van der Waals surface area (Å²) < 4.78 is 5.30. The average Bonchev–Trinajstić information content (AvgIpc) is 3.26. The zero-order chi connectivity index (χ0) is 20.1. The molecule has 2 aromatic rings. The van der Waals surface area contributed by atoms with Gasteiger partial charge in [0.2, 0.25) is 0 Å². The average molecular weight is 381 g/mol. The fourth-order valence-corrected chi connectivity index (χ4v) is 4.06. The molecule has 0 aliphatic heterocycles. The summed E-state index contributed by atoms with van der Waals surface area (Å²) in [6, 6.07) is 14.6. The molecule has 0 atom stereocenters. The standard InChI is InChI=1S/C24H32N2O2/c1-18-16-22(28-4)12-13-23(18)19-8-7-9-20(17-19)24(27)26(3)15-14-25(2)21-10-5-6-11-21/h7-9,12-13,16-17,21H,5-6,10-11,14-15H2,1-4H3. The fourth-order valence-electron chi connectivity index (χ4n) is 4.06. The number of amides is 1. The van der Waals surface area contributed by atoms with Crippen LogP contribution in [0.15, 0.2) is 42.5 Å². The van der Waals surface area contributed by atoms with Gasteiger partial charge in [-0.3, -0.25) is 4.79 Å². The van der Waals surface area contributed by atoms with Gasteiger partial charge in [-0.1, -0.05) is 31.0 Å². The first kappa shape index (κ1) is 20.4. The lowest BCUT2D eigenvalue weighted by Gasteiger charge is -2.27. The lowest BCUT2D eigenvalue weighted by atomic mass is 9.98. The maximum absolute atomic E-state index is 12.9. The molecule has 4 heteroatoms. The molecule has 1 amide bonds. The van der Waals surface area contributed by atoms with Crippen LogP contribution in [0.1, 0.15) is 41.6 Å². The second-order valence-corrected chi connectivity index (χ2v) is 7.91. The molecule has 3 rings (SSSR count). The molecule has 1 aliphatic carbocycles. The van der Waals surface area contributed by atoms with Crippen LogP contribution in [0.4, 0.5) is 0 Å². The first-order valence-corrected chi connectivity index (χ1v) is 10.2. The minimum Gasteiger partial charge on any atom is -0.497 e. The van der Waals surface area contributed by atoms with Crippen LogP contribution in [0, 0.1) is 6.92 Å². The van der Waals surface area contributed by atoms with Crippen LogP contribution in [0.25, 0.3) is 11.1 Å². The highest BCUT2D eigenvalue weighted by molar-refractivity contribution is 5.95. The van der Waals surface area contributed by atoms with Crippen molar-refractivity contribution in [2.45, 2.75) is 38.6 Å². The van der Waals surface area contributed by atoms with Gasteiger partial charge in [-0.2, -0.15) is 0 Å². The quantitative estimate of drug-likeness (QED) is 0.703. The molecular formula is C24H32N2O2. The number of methoxy groups -OCH3 is 1. The smallest absolute Gasteiger partial charge is 0.253 e. The van der Waals surface area contributed by atoms with Gasteiger partial charge in [-0.05, 0) is 67.8 Å². The van der Waals surface area contributed by atoms with Crippen LogP contribution in [0.2, 0.25) is 0 Å². The zero-order valence-corrected chi connectivity index (χ0v) is 17.6. The lowest BCUT2D eigenvalue weighted by Crippen LogP contribution is -2.38. The Morgan fingerprint density at radius 2 is 1.82 bits per heavy atom. The van der Waals surface area contributed by atoms with Crippen molar-refractivity contribution in [1.29, 1.82) is 0 Å². The first-order chi connectivity index (χ1) is 13.5. The van der Waals surface area contributed by atoms with E-state index in [-0.39, 0.29) is 5.91 Å². The molecule has 0 N–H and O–H groups in total. The molecule has 1 saturated carbocycles. The van der Waals surface area contributed by atoms with Gasteiger partial charge >= 0.3 is 0 Å². The summed E-state index contributed by atoms with van der Waals surface area (Å²) >= 11 is 0. The molecule has 28 heavy (non-hydrogen) atoms. The monoisotopic (exact) mass is 380 g/mol. The molecule has 4 nitrogen and oxygen atoms in total. The van der Waals surface area contributed by atoms with E-state index in [0.717, 1.165) is 41.1 Å². The summed E-state index contributed by atoms with van der Waals surface area (Å²) in [6.07, 6.45) is 5.25. The third kappa shape index (κ3) is 4.74. The molecule has 1 aliphatic rings. The molecule has 0 radical (unpaired) electrons. The van der Waals surface area contributed by atoms with Gasteiger partial charge in [0.1, 0.15) is 5.75 Å². The summed E-state index contributed by atoms with van der Waals surface area (Å²) in [6.45, 7) is 3.74. The molecule has 0 heterocycles. The number of carbonyl (C=O) groups is 1. The van der Waals surface area contributed by atoms with Crippen molar-refractivity contribution in [3.05, 3.63) is 53.6 Å². The molecule has 0 spiro atoms. The predicted octanol–water partition coefficient (Wildman–Crippen LogP) is 4.62. The van der Waals surface area contributed by atoms with Crippen molar-refractivity contribution < 1.29 is 9.53 Å². The van der Waals surface area contributed by atoms with E-state index in [2.05, 4.69) is 31.0 Å². The summed E-state index contributed by atoms with van der Waals surface area (Å²) in [4.78, 5) is 17.2. The molecule has 150 valence electrons. The Hall–Kier alpha value is -2.33. The Kier molecular flexibility index (Phi) is 6.74. The number of nitrogens with zero attached hydrogens (tertiary/aromatic N) is 2. The van der Waals surface area contributed by atoms with Gasteiger partial charge in [-0.25, -0.2) is 0 Å². The van der Waals surface area contributed by atoms with Gasteiger partial charge in [-0.15, -0.1) is 0 Å². The van der Waals surface area contributed by atoms with E-state index in [1.807, 2.05) is 42.3 Å². The van der Waals surface area contributed by atoms with Crippen molar-refractivity contribution in [2.24, 2.45) is 0 Å². The maximum atomic E-state index is 12.9. The number of ether oxygens (including phenoxy) is 1. The van der Waals surface area contributed by atoms with E-state index in [0.29, 0.717) is 6.04 Å². The van der Waals surface area contributed by atoms with Gasteiger partial charge in [0.05, 0.1) is 7.11 Å². The number of aryl methyl sites for hydroxylation is 1. The van der Waals surface area contributed by atoms with E-state index < -0.39 is 0 Å². The number of hydrogen-bond acceptors (Lipinski definition) is 3. The van der Waals surface area contributed by atoms with E-state index in [9.17, 15) is 4.79 Å². The first-order valence-electron chi connectivity index (χ1n) is 10.2. The highest BCUT2D eigenvalue weighted by Crippen LogP contribution is 2.28. The van der Waals surface area contributed by atoms with Gasteiger partial charge in [0, 0.05) is 31.7 Å². The maximum Gasteiger partial charge on any atom is 0.253 e. The molecule has 0 aromatic heterocycles. The number of rotatable bonds is 7. The highest BCUT2D eigenvalue weighted by Gasteiger charge is 2.20. The molecular weight excluding hydrogens is 348 g/mol. The Morgan fingerprint density at radius 1 is 1.07 bits per heavy atom. The van der Waals surface area contributed by atoms with Crippen LogP contribution in [0.5, 0.6) is 5.75 Å². The largest absolute Gasteiger partial charge is 0.497 e. The Bertz CT molecular complexity index is 812. The molecule has 0 bridgehead atoms. The third-order valence-corrected chi connectivity index (χ3v) is 5.94. The van der Waals surface area contributed by atoms with Crippen LogP contribution in [0.3, 0.4) is 0 Å². The van der Waals surface area contributed by atoms with Crippen LogP contribution in [-0.2, 0) is 0 Å². The van der Waals surface area contributed by atoms with Crippen molar-refractivity contribution in [3.63, 3.8) is 0 Å². The summed E-state index contributed by atoms with van der Waals surface area (Å²) in [7, 11) is 5.76. The third-order valence-electron chi connectivity index (χ3n) is 5.94. The molecule has 0 saturated heterocycles. The minimum absolute atomic E-state index is 0.0767. The number of carbonyl (C=O) groups excluding carboxylic acids is 1. The normalized spacial score (nSPS) is 14.5.